The summed E-state index contributed by atoms with van der Waals surface area (Å²) in [5, 5.41) is 2.97. The first kappa shape index (κ1) is 19.8. The number of nitrogens with one attached hydrogen (secondary N) is 3. The van der Waals surface area contributed by atoms with Crippen molar-refractivity contribution in [3.05, 3.63) is 59.5 Å². The van der Waals surface area contributed by atoms with Gasteiger partial charge in [0.15, 0.2) is 0 Å². The zero-order valence-corrected chi connectivity index (χ0v) is 16.7. The maximum absolute atomic E-state index is 13.1. The van der Waals surface area contributed by atoms with Gasteiger partial charge in [0, 0.05) is 31.9 Å². The van der Waals surface area contributed by atoms with Crippen molar-refractivity contribution in [3.8, 4) is 0 Å². The Morgan fingerprint density at radius 1 is 1.17 bits per heavy atom. The molecule has 7 heteroatoms. The first-order valence-electron chi connectivity index (χ1n) is 10.3. The Hall–Kier alpha value is -2.51. The lowest BCUT2D eigenvalue weighted by Gasteiger charge is -2.31. The Bertz CT molecular complexity index is 818. The minimum Gasteiger partial charge on any atom is -0.357 e. The molecule has 1 aromatic carbocycles. The summed E-state index contributed by atoms with van der Waals surface area (Å²) in [7, 11) is 0. The van der Waals surface area contributed by atoms with Crippen LogP contribution in [0.4, 0.5) is 10.2 Å². The molecule has 2 fully saturated rings. The number of benzene rings is 1. The van der Waals surface area contributed by atoms with E-state index in [4.69, 9.17) is 0 Å². The molecule has 0 aliphatic carbocycles. The molecular formula is C22H28FN5O. The monoisotopic (exact) mass is 397 g/mol. The number of rotatable bonds is 5. The molecule has 1 amide bonds. The highest BCUT2D eigenvalue weighted by Gasteiger charge is 2.30. The quantitative estimate of drug-likeness (QED) is 0.724. The van der Waals surface area contributed by atoms with Gasteiger partial charge in [0.2, 0.25) is 5.91 Å². The fraction of sp³-hybridized carbons (Fsp3) is 0.455. The fourth-order valence-electron chi connectivity index (χ4n) is 3.90. The summed E-state index contributed by atoms with van der Waals surface area (Å²) in [6, 6.07) is 10.1. The van der Waals surface area contributed by atoms with Crippen LogP contribution in [0.2, 0.25) is 0 Å². The summed E-state index contributed by atoms with van der Waals surface area (Å²) in [4.78, 5) is 19.4. The number of hydrogen-bond donors (Lipinski definition) is 3. The standard InChI is InChI=1S/C22H28FN5O/c1-15-8-10-28(11-9-15)21-7-2-16(13-24-21)14-25-22(29)20-12-19(26-27-20)17-3-5-18(23)6-4-17/h2-7,13,15,19-20,26-27H,8-12,14H2,1H3,(H,25,29). The van der Waals surface area contributed by atoms with Gasteiger partial charge in [0.1, 0.15) is 17.7 Å². The molecular weight excluding hydrogens is 369 g/mol. The molecule has 0 radical (unpaired) electrons. The zero-order chi connectivity index (χ0) is 20.2. The molecule has 2 aromatic rings. The second-order valence-corrected chi connectivity index (χ2v) is 8.09. The maximum Gasteiger partial charge on any atom is 0.238 e. The minimum absolute atomic E-state index is 0.0143. The number of amides is 1. The third-order valence-corrected chi connectivity index (χ3v) is 5.88. The Kier molecular flexibility index (Phi) is 6.06. The lowest BCUT2D eigenvalue weighted by molar-refractivity contribution is -0.123. The van der Waals surface area contributed by atoms with E-state index in [0.717, 1.165) is 36.0 Å². The van der Waals surface area contributed by atoms with Crippen LogP contribution in [0.25, 0.3) is 0 Å². The van der Waals surface area contributed by atoms with Crippen LogP contribution in [-0.2, 0) is 11.3 Å². The van der Waals surface area contributed by atoms with Crippen molar-refractivity contribution in [1.82, 2.24) is 21.2 Å². The Labute approximate surface area is 170 Å². The number of hydrogen-bond acceptors (Lipinski definition) is 5. The molecule has 2 unspecified atom stereocenters. The van der Waals surface area contributed by atoms with Crippen LogP contribution in [0.5, 0.6) is 0 Å². The van der Waals surface area contributed by atoms with Gasteiger partial charge in [-0.2, -0.15) is 0 Å². The molecule has 3 heterocycles. The molecule has 2 atom stereocenters. The van der Waals surface area contributed by atoms with E-state index in [1.165, 1.54) is 25.0 Å². The number of anilines is 1. The van der Waals surface area contributed by atoms with Gasteiger partial charge in [-0.15, -0.1) is 0 Å². The van der Waals surface area contributed by atoms with Crippen LogP contribution >= 0.6 is 0 Å². The number of piperidine rings is 1. The Morgan fingerprint density at radius 2 is 1.93 bits per heavy atom. The molecule has 154 valence electrons. The summed E-state index contributed by atoms with van der Waals surface area (Å²) in [6.45, 7) is 4.86. The number of aromatic nitrogens is 1. The molecule has 2 saturated heterocycles. The first-order chi connectivity index (χ1) is 14.1. The molecule has 2 aliphatic rings. The van der Waals surface area contributed by atoms with Gasteiger partial charge < -0.3 is 10.2 Å². The normalized spacial score (nSPS) is 22.6. The molecule has 3 N–H and O–H groups in total. The van der Waals surface area contributed by atoms with E-state index in [1.807, 2.05) is 18.3 Å². The number of halogens is 1. The lowest BCUT2D eigenvalue weighted by Crippen LogP contribution is -2.42. The van der Waals surface area contributed by atoms with Gasteiger partial charge in [0.05, 0.1) is 0 Å². The second-order valence-electron chi connectivity index (χ2n) is 8.09. The summed E-state index contributed by atoms with van der Waals surface area (Å²) in [5.41, 5.74) is 8.09. The average Bonchev–Trinajstić information content (AvgIpc) is 3.24. The number of hydrazine groups is 1. The van der Waals surface area contributed by atoms with Gasteiger partial charge >= 0.3 is 0 Å². The molecule has 0 spiro atoms. The van der Waals surface area contributed by atoms with Crippen LogP contribution in [0.15, 0.2) is 42.6 Å². The SMILES string of the molecule is CC1CCN(c2ccc(CNC(=O)C3CC(c4ccc(F)cc4)NN3)cn2)CC1. The fourth-order valence-corrected chi connectivity index (χ4v) is 3.90. The van der Waals surface area contributed by atoms with Crippen LogP contribution in [-0.4, -0.2) is 30.0 Å². The predicted octanol–water partition coefficient (Wildman–Crippen LogP) is 2.68. The highest BCUT2D eigenvalue weighted by Crippen LogP contribution is 2.23. The molecule has 4 rings (SSSR count). The lowest BCUT2D eigenvalue weighted by atomic mass is 9.99. The summed E-state index contributed by atoms with van der Waals surface area (Å²) in [6.07, 6.45) is 4.87. The highest BCUT2D eigenvalue weighted by molar-refractivity contribution is 5.82. The Morgan fingerprint density at radius 3 is 2.62 bits per heavy atom. The van der Waals surface area contributed by atoms with Crippen molar-refractivity contribution in [1.29, 1.82) is 0 Å². The predicted molar refractivity (Wildman–Crippen MR) is 111 cm³/mol. The summed E-state index contributed by atoms with van der Waals surface area (Å²) < 4.78 is 13.1. The average molecular weight is 397 g/mol. The van der Waals surface area contributed by atoms with E-state index in [0.29, 0.717) is 13.0 Å². The van der Waals surface area contributed by atoms with E-state index in [2.05, 4.69) is 33.0 Å². The number of carbonyl (C=O) groups is 1. The van der Waals surface area contributed by atoms with Gasteiger partial charge in [-0.05, 0) is 54.5 Å². The van der Waals surface area contributed by atoms with E-state index >= 15 is 0 Å². The summed E-state index contributed by atoms with van der Waals surface area (Å²) >= 11 is 0. The van der Waals surface area contributed by atoms with Gasteiger partial charge in [0.25, 0.3) is 0 Å². The smallest absolute Gasteiger partial charge is 0.238 e. The van der Waals surface area contributed by atoms with E-state index < -0.39 is 0 Å². The van der Waals surface area contributed by atoms with Gasteiger partial charge in [-0.3, -0.25) is 4.79 Å². The van der Waals surface area contributed by atoms with Crippen LogP contribution in [0.1, 0.15) is 43.4 Å². The molecule has 29 heavy (non-hydrogen) atoms. The number of carbonyl (C=O) groups excluding carboxylic acids is 1. The molecule has 2 aliphatic heterocycles. The van der Waals surface area contributed by atoms with Crippen molar-refractivity contribution in [2.24, 2.45) is 5.92 Å². The molecule has 0 bridgehead atoms. The molecule has 0 saturated carbocycles. The minimum atomic E-state index is -0.326. The van der Waals surface area contributed by atoms with E-state index in [9.17, 15) is 9.18 Å². The molecule has 1 aromatic heterocycles. The van der Waals surface area contributed by atoms with Gasteiger partial charge in [-0.25, -0.2) is 20.2 Å². The highest BCUT2D eigenvalue weighted by atomic mass is 19.1. The van der Waals surface area contributed by atoms with E-state index in [1.54, 1.807) is 12.1 Å². The largest absolute Gasteiger partial charge is 0.357 e. The third-order valence-electron chi connectivity index (χ3n) is 5.88. The van der Waals surface area contributed by atoms with Crippen molar-refractivity contribution < 1.29 is 9.18 Å². The van der Waals surface area contributed by atoms with Crippen LogP contribution in [0, 0.1) is 11.7 Å². The number of nitrogens with zero attached hydrogens (tertiary/aromatic N) is 2. The van der Waals surface area contributed by atoms with Crippen LogP contribution in [0.3, 0.4) is 0 Å². The summed E-state index contributed by atoms with van der Waals surface area (Å²) in [5.74, 6) is 1.48. The Balaban J connectivity index is 1.26. The van der Waals surface area contributed by atoms with Crippen molar-refractivity contribution >= 4 is 11.7 Å². The van der Waals surface area contributed by atoms with Crippen molar-refractivity contribution in [2.75, 3.05) is 18.0 Å². The van der Waals surface area contributed by atoms with Crippen LogP contribution < -0.4 is 21.1 Å². The second kappa shape index (κ2) is 8.88. The van der Waals surface area contributed by atoms with E-state index in [-0.39, 0.29) is 23.8 Å². The zero-order valence-electron chi connectivity index (χ0n) is 16.7. The topological polar surface area (TPSA) is 69.3 Å². The maximum atomic E-state index is 13.1. The van der Waals surface area contributed by atoms with Crippen molar-refractivity contribution in [2.45, 2.75) is 44.8 Å². The number of pyridine rings is 1. The van der Waals surface area contributed by atoms with Gasteiger partial charge in [-0.1, -0.05) is 25.1 Å². The van der Waals surface area contributed by atoms with Crippen molar-refractivity contribution in [3.63, 3.8) is 0 Å². The third kappa shape index (κ3) is 4.92. The molecule has 6 nitrogen and oxygen atoms in total. The first-order valence-corrected chi connectivity index (χ1v) is 10.3.